The van der Waals surface area contributed by atoms with Crippen LogP contribution in [0, 0.1) is 12.8 Å². The first-order valence-corrected chi connectivity index (χ1v) is 16.8. The highest BCUT2D eigenvalue weighted by molar-refractivity contribution is 5.93. The summed E-state index contributed by atoms with van der Waals surface area (Å²) in [5.74, 6) is -1.37. The van der Waals surface area contributed by atoms with E-state index in [0.29, 0.717) is 69.2 Å². The number of rotatable bonds is 19. The third-order valence-corrected chi connectivity index (χ3v) is 8.43. The Morgan fingerprint density at radius 2 is 1.71 bits per heavy atom. The first-order chi connectivity index (χ1) is 23.8. The molecule has 0 saturated carbocycles. The monoisotopic (exact) mass is 679 g/mol. The molecule has 2 aromatic carbocycles. The Balaban J connectivity index is 1.50. The maximum absolute atomic E-state index is 14.1. The molecule has 0 unspecified atom stereocenters. The number of benzene rings is 2. The molecule has 1 aromatic heterocycles. The summed E-state index contributed by atoms with van der Waals surface area (Å²) < 4.78 is 26.8. The van der Waals surface area contributed by atoms with E-state index in [2.05, 4.69) is 10.6 Å². The van der Waals surface area contributed by atoms with Crippen molar-refractivity contribution in [2.75, 3.05) is 57.2 Å². The van der Waals surface area contributed by atoms with E-state index < -0.39 is 18.1 Å². The van der Waals surface area contributed by atoms with Gasteiger partial charge in [0.1, 0.15) is 0 Å². The Labute approximate surface area is 287 Å². The number of nitrogens with zero attached hydrogens (tertiary/aromatic N) is 2. The van der Waals surface area contributed by atoms with Gasteiger partial charge in [-0.05, 0) is 63.5 Å². The number of ether oxygens (including phenoxy) is 4. The van der Waals surface area contributed by atoms with E-state index in [1.165, 1.54) is 0 Å². The molecular weight excluding hydrogens is 630 g/mol. The van der Waals surface area contributed by atoms with Crippen molar-refractivity contribution in [2.45, 2.75) is 51.7 Å². The lowest BCUT2D eigenvalue weighted by atomic mass is 9.81. The quantitative estimate of drug-likeness (QED) is 0.110. The number of aromatic nitrogens is 2. The number of nitrogens with one attached hydrogen (secondary N) is 2. The van der Waals surface area contributed by atoms with Crippen molar-refractivity contribution in [3.63, 3.8) is 0 Å². The van der Waals surface area contributed by atoms with Gasteiger partial charge in [0.2, 0.25) is 12.2 Å². The molecule has 13 heteroatoms. The van der Waals surface area contributed by atoms with E-state index >= 15 is 0 Å². The molecule has 3 atom stereocenters. The van der Waals surface area contributed by atoms with Crippen LogP contribution >= 0.6 is 0 Å². The normalized spacial score (nSPS) is 17.3. The van der Waals surface area contributed by atoms with Crippen LogP contribution in [0.15, 0.2) is 71.2 Å². The van der Waals surface area contributed by atoms with Gasteiger partial charge in [0.15, 0.2) is 5.76 Å². The number of allylic oxidation sites excluding steroid dienone is 1. The number of nitrogen functional groups attached to an aromatic ring is 1. The summed E-state index contributed by atoms with van der Waals surface area (Å²) in [6, 6.07) is 16.5. The minimum atomic E-state index is -0.812. The highest BCUT2D eigenvalue weighted by atomic mass is 16.7. The molecule has 2 heterocycles. The first-order valence-electron chi connectivity index (χ1n) is 16.8. The summed E-state index contributed by atoms with van der Waals surface area (Å²) in [5.41, 5.74) is 8.81. The Hall–Kier alpha value is -4.43. The van der Waals surface area contributed by atoms with Crippen molar-refractivity contribution in [1.29, 1.82) is 0 Å². The maximum Gasteiger partial charge on any atom is 0.286 e. The molecule has 0 bridgehead atoms. The first kappa shape index (κ1) is 37.4. The Morgan fingerprint density at radius 3 is 2.43 bits per heavy atom. The fraction of sp³-hybridized carbons (Fsp3) is 0.472. The molecule has 3 aromatic rings. The standard InChI is InChI=1S/C36H49N5O8/c1-4-48-36-27(17-20-46-22-23-47-21-19-42)28(33-25(2)40(3)41(35(33)45)26-12-6-5-7-13-26)24-31(49-36)34(44)38-18-11-10-16-32(43)39-30-15-9-8-14-29(30)37/h5-9,12-15,24,27-28,36,42H,4,10-11,16-23,37H2,1-3H3,(H,38,44)(H,39,43)/t27-,28+,36-/m0/s1. The smallest absolute Gasteiger partial charge is 0.286 e. The summed E-state index contributed by atoms with van der Waals surface area (Å²) >= 11 is 0. The average Bonchev–Trinajstić information content (AvgIpc) is 3.32. The number of para-hydroxylation sites is 3. The fourth-order valence-electron chi connectivity index (χ4n) is 5.87. The molecule has 13 nitrogen and oxygen atoms in total. The highest BCUT2D eigenvalue weighted by Crippen LogP contribution is 2.39. The molecule has 49 heavy (non-hydrogen) atoms. The third-order valence-electron chi connectivity index (χ3n) is 8.43. The molecule has 2 amide bonds. The minimum Gasteiger partial charge on any atom is -0.459 e. The molecule has 4 rings (SSSR count). The van der Waals surface area contributed by atoms with E-state index in [4.69, 9.17) is 29.8 Å². The molecule has 1 aliphatic rings. The molecule has 1 aliphatic heterocycles. The van der Waals surface area contributed by atoms with Gasteiger partial charge in [-0.1, -0.05) is 30.3 Å². The predicted molar refractivity (Wildman–Crippen MR) is 186 cm³/mol. The van der Waals surface area contributed by atoms with Gasteiger partial charge in [0, 0.05) is 56.3 Å². The molecule has 266 valence electrons. The number of unbranched alkanes of at least 4 members (excludes halogenated alkanes) is 1. The molecule has 0 spiro atoms. The largest absolute Gasteiger partial charge is 0.459 e. The number of carbonyl (C=O) groups excluding carboxylic acids is 2. The topological polar surface area (TPSA) is 168 Å². The van der Waals surface area contributed by atoms with Gasteiger partial charge < -0.3 is 40.4 Å². The Kier molecular flexibility index (Phi) is 14.5. The second kappa shape index (κ2) is 18.9. The summed E-state index contributed by atoms with van der Waals surface area (Å²) in [5, 5.41) is 14.6. The number of anilines is 2. The second-order valence-corrected chi connectivity index (χ2v) is 11.7. The maximum atomic E-state index is 14.1. The van der Waals surface area contributed by atoms with Crippen LogP contribution in [0.1, 0.15) is 49.8 Å². The summed E-state index contributed by atoms with van der Waals surface area (Å²) in [6.07, 6.45) is 2.78. The van der Waals surface area contributed by atoms with Crippen molar-refractivity contribution in [1.82, 2.24) is 14.7 Å². The predicted octanol–water partition coefficient (Wildman–Crippen LogP) is 3.38. The Bertz CT molecular complexity index is 1600. The molecule has 0 radical (unpaired) electrons. The van der Waals surface area contributed by atoms with E-state index in [-0.39, 0.29) is 42.8 Å². The number of aliphatic hydroxyl groups is 1. The van der Waals surface area contributed by atoms with Crippen LogP contribution in [0.4, 0.5) is 11.4 Å². The van der Waals surface area contributed by atoms with Crippen molar-refractivity contribution < 1.29 is 33.6 Å². The summed E-state index contributed by atoms with van der Waals surface area (Å²) in [6.45, 7) is 5.61. The van der Waals surface area contributed by atoms with Gasteiger partial charge in [-0.25, -0.2) is 4.68 Å². The summed E-state index contributed by atoms with van der Waals surface area (Å²) in [4.78, 5) is 40.0. The van der Waals surface area contributed by atoms with Crippen molar-refractivity contribution in [3.8, 4) is 5.69 Å². The van der Waals surface area contributed by atoms with Gasteiger partial charge in [-0.2, -0.15) is 0 Å². The zero-order chi connectivity index (χ0) is 35.2. The van der Waals surface area contributed by atoms with Gasteiger partial charge >= 0.3 is 0 Å². The number of hydrogen-bond donors (Lipinski definition) is 4. The fourth-order valence-corrected chi connectivity index (χ4v) is 5.87. The van der Waals surface area contributed by atoms with Crippen LogP contribution in [-0.4, -0.2) is 78.8 Å². The molecule has 5 N–H and O–H groups in total. The zero-order valence-electron chi connectivity index (χ0n) is 28.6. The SMILES string of the molecule is CCO[C@H]1OC(C(=O)NCCCCC(=O)Nc2ccccc2N)=C[C@@H](c2c(C)n(C)n(-c3ccccc3)c2=O)[C@@H]1CCOCCOCCO. The molecule has 0 fully saturated rings. The van der Waals surface area contributed by atoms with Crippen LogP contribution in [0.25, 0.3) is 5.69 Å². The number of amides is 2. The van der Waals surface area contributed by atoms with Crippen LogP contribution in [0.3, 0.4) is 0 Å². The number of hydrogen-bond acceptors (Lipinski definition) is 9. The van der Waals surface area contributed by atoms with Crippen molar-refractivity contribution in [3.05, 3.63) is 88.0 Å². The average molecular weight is 680 g/mol. The van der Waals surface area contributed by atoms with E-state index in [1.54, 1.807) is 35.0 Å². The summed E-state index contributed by atoms with van der Waals surface area (Å²) in [7, 11) is 1.84. The Morgan fingerprint density at radius 1 is 1.00 bits per heavy atom. The van der Waals surface area contributed by atoms with Crippen LogP contribution in [-0.2, 0) is 35.6 Å². The molecule has 0 aliphatic carbocycles. The lowest BCUT2D eigenvalue weighted by Gasteiger charge is -2.36. The van der Waals surface area contributed by atoms with Gasteiger partial charge in [0.25, 0.3) is 11.5 Å². The van der Waals surface area contributed by atoms with E-state index in [0.717, 1.165) is 11.4 Å². The zero-order valence-corrected chi connectivity index (χ0v) is 28.6. The van der Waals surface area contributed by atoms with Gasteiger partial charge in [0.05, 0.1) is 43.5 Å². The van der Waals surface area contributed by atoms with Gasteiger partial charge in [-0.15, -0.1) is 0 Å². The molecule has 0 saturated heterocycles. The van der Waals surface area contributed by atoms with E-state index in [9.17, 15) is 14.4 Å². The minimum absolute atomic E-state index is 0.0574. The number of aliphatic hydroxyl groups excluding tert-OH is 1. The lowest BCUT2D eigenvalue weighted by molar-refractivity contribution is -0.168. The van der Waals surface area contributed by atoms with E-state index in [1.807, 2.05) is 55.9 Å². The lowest BCUT2D eigenvalue weighted by Crippen LogP contribution is -2.40. The van der Waals surface area contributed by atoms with Crippen LogP contribution < -0.4 is 21.9 Å². The van der Waals surface area contributed by atoms with Crippen LogP contribution in [0.2, 0.25) is 0 Å². The number of carbonyl (C=O) groups is 2. The highest BCUT2D eigenvalue weighted by Gasteiger charge is 2.41. The van der Waals surface area contributed by atoms with Crippen LogP contribution in [0.5, 0.6) is 0 Å². The second-order valence-electron chi connectivity index (χ2n) is 11.7. The van der Waals surface area contributed by atoms with Gasteiger partial charge in [-0.3, -0.25) is 19.1 Å². The molecular formula is C36H49N5O8. The third kappa shape index (κ3) is 10.0. The number of nitrogens with two attached hydrogens (primary N) is 1. The van der Waals surface area contributed by atoms with Crippen molar-refractivity contribution in [2.24, 2.45) is 13.0 Å². The van der Waals surface area contributed by atoms with Crippen molar-refractivity contribution >= 4 is 23.2 Å².